The van der Waals surface area contributed by atoms with Crippen LogP contribution in [0, 0.1) is 0 Å². The first-order valence-electron chi connectivity index (χ1n) is 12.8. The Morgan fingerprint density at radius 1 is 0.410 bits per heavy atom. The van der Waals surface area contributed by atoms with Crippen LogP contribution in [-0.2, 0) is 0 Å². The molecule has 0 saturated carbocycles. The Balaban J connectivity index is 1.52. The molecule has 0 saturated heterocycles. The molecule has 39 heavy (non-hydrogen) atoms. The van der Waals surface area contributed by atoms with E-state index in [1.165, 1.54) is 5.39 Å². The van der Waals surface area contributed by atoms with Crippen molar-refractivity contribution in [3.05, 3.63) is 138 Å². The van der Waals surface area contributed by atoms with Gasteiger partial charge in [0.1, 0.15) is 0 Å². The summed E-state index contributed by atoms with van der Waals surface area (Å²) in [6.45, 7) is 0. The molecular formula is C35H22ClN3. The summed E-state index contributed by atoms with van der Waals surface area (Å²) in [6.07, 6.45) is 0. The minimum Gasteiger partial charge on any atom is -0.208 e. The summed E-state index contributed by atoms with van der Waals surface area (Å²) >= 11 is 6.73. The van der Waals surface area contributed by atoms with E-state index in [-0.39, 0.29) is 0 Å². The third-order valence-corrected chi connectivity index (χ3v) is 7.32. The van der Waals surface area contributed by atoms with Crippen LogP contribution in [-0.4, -0.2) is 15.0 Å². The highest BCUT2D eigenvalue weighted by Gasteiger charge is 2.18. The number of nitrogens with zero attached hydrogens (tertiary/aromatic N) is 3. The van der Waals surface area contributed by atoms with Crippen LogP contribution >= 0.6 is 11.6 Å². The zero-order valence-corrected chi connectivity index (χ0v) is 21.7. The third-order valence-electron chi connectivity index (χ3n) is 6.99. The standard InChI is InChI=1S/C35H22ClN3/c36-31-21-20-30(32-28(16-9-17-29(31)32)24-11-3-1-4-12-24)35-38-33(25-13-5-2-6-14-25)37-34(39-35)27-19-18-23-10-7-8-15-26(23)22-27/h1-22H. The molecule has 0 aliphatic rings. The van der Waals surface area contributed by atoms with Crippen molar-refractivity contribution in [1.29, 1.82) is 0 Å². The van der Waals surface area contributed by atoms with Crippen LogP contribution in [0.25, 0.3) is 66.8 Å². The second kappa shape index (κ2) is 9.79. The van der Waals surface area contributed by atoms with Crippen LogP contribution in [0.15, 0.2) is 133 Å². The van der Waals surface area contributed by atoms with Crippen molar-refractivity contribution < 1.29 is 0 Å². The SMILES string of the molecule is Clc1ccc(-c2nc(-c3ccccc3)nc(-c3ccc4ccccc4c3)n2)c2c(-c3ccccc3)cccc12. The molecule has 0 radical (unpaired) electrons. The maximum atomic E-state index is 6.73. The molecule has 0 amide bonds. The van der Waals surface area contributed by atoms with Crippen molar-refractivity contribution >= 4 is 33.1 Å². The van der Waals surface area contributed by atoms with Crippen LogP contribution in [0.2, 0.25) is 5.02 Å². The molecule has 4 heteroatoms. The second-order valence-electron chi connectivity index (χ2n) is 9.42. The Kier molecular flexibility index (Phi) is 5.84. The fraction of sp³-hybridized carbons (Fsp3) is 0. The molecule has 0 fully saturated rings. The summed E-state index contributed by atoms with van der Waals surface area (Å²) < 4.78 is 0. The lowest BCUT2D eigenvalue weighted by atomic mass is 9.94. The lowest BCUT2D eigenvalue weighted by Crippen LogP contribution is -2.01. The van der Waals surface area contributed by atoms with Crippen molar-refractivity contribution in [3.8, 4) is 45.3 Å². The van der Waals surface area contributed by atoms with Gasteiger partial charge in [-0.1, -0.05) is 127 Å². The highest BCUT2D eigenvalue weighted by atomic mass is 35.5. The average Bonchev–Trinajstić information content (AvgIpc) is 3.01. The quantitative estimate of drug-likeness (QED) is 0.232. The first kappa shape index (κ1) is 23.3. The first-order chi connectivity index (χ1) is 19.2. The Hall–Kier alpha value is -4.86. The molecular weight excluding hydrogens is 498 g/mol. The normalized spacial score (nSPS) is 11.2. The smallest absolute Gasteiger partial charge is 0.164 e. The molecule has 7 rings (SSSR count). The molecule has 0 N–H and O–H groups in total. The fourth-order valence-electron chi connectivity index (χ4n) is 5.09. The zero-order chi connectivity index (χ0) is 26.2. The molecule has 0 unspecified atom stereocenters. The van der Waals surface area contributed by atoms with Crippen LogP contribution in [0.4, 0.5) is 0 Å². The minimum absolute atomic E-state index is 0.608. The lowest BCUT2D eigenvalue weighted by molar-refractivity contribution is 1.08. The van der Waals surface area contributed by atoms with Gasteiger partial charge < -0.3 is 0 Å². The molecule has 1 heterocycles. The Labute approximate surface area is 231 Å². The van der Waals surface area contributed by atoms with Gasteiger partial charge in [-0.2, -0.15) is 0 Å². The van der Waals surface area contributed by atoms with Gasteiger partial charge in [-0.05, 0) is 40.1 Å². The number of halogens is 1. The van der Waals surface area contributed by atoms with Gasteiger partial charge in [-0.15, -0.1) is 0 Å². The molecule has 7 aromatic rings. The average molecular weight is 520 g/mol. The second-order valence-corrected chi connectivity index (χ2v) is 9.83. The number of fused-ring (bicyclic) bond motifs is 2. The maximum Gasteiger partial charge on any atom is 0.164 e. The number of benzene rings is 6. The molecule has 0 aliphatic carbocycles. The molecule has 0 bridgehead atoms. The molecule has 0 spiro atoms. The van der Waals surface area contributed by atoms with Gasteiger partial charge in [0, 0.05) is 32.5 Å². The highest BCUT2D eigenvalue weighted by molar-refractivity contribution is 6.36. The van der Waals surface area contributed by atoms with Gasteiger partial charge in [-0.25, -0.2) is 15.0 Å². The first-order valence-corrected chi connectivity index (χ1v) is 13.2. The van der Waals surface area contributed by atoms with Gasteiger partial charge in [-0.3, -0.25) is 0 Å². The Bertz CT molecular complexity index is 1970. The zero-order valence-electron chi connectivity index (χ0n) is 20.9. The van der Waals surface area contributed by atoms with Crippen LogP contribution in [0.3, 0.4) is 0 Å². The number of hydrogen-bond donors (Lipinski definition) is 0. The molecule has 3 nitrogen and oxygen atoms in total. The van der Waals surface area contributed by atoms with E-state index in [1.54, 1.807) is 0 Å². The maximum absolute atomic E-state index is 6.73. The van der Waals surface area contributed by atoms with E-state index in [1.807, 2.05) is 78.9 Å². The van der Waals surface area contributed by atoms with Crippen molar-refractivity contribution in [1.82, 2.24) is 15.0 Å². The summed E-state index contributed by atoms with van der Waals surface area (Å²) in [5.74, 6) is 1.87. The third kappa shape index (κ3) is 4.33. The van der Waals surface area contributed by atoms with E-state index in [0.29, 0.717) is 22.5 Å². The monoisotopic (exact) mass is 519 g/mol. The van der Waals surface area contributed by atoms with E-state index in [9.17, 15) is 0 Å². The fourth-order valence-corrected chi connectivity index (χ4v) is 5.31. The molecule has 184 valence electrons. The van der Waals surface area contributed by atoms with Gasteiger partial charge in [0.2, 0.25) is 0 Å². The van der Waals surface area contributed by atoms with Crippen molar-refractivity contribution in [2.45, 2.75) is 0 Å². The van der Waals surface area contributed by atoms with Gasteiger partial charge >= 0.3 is 0 Å². The van der Waals surface area contributed by atoms with Gasteiger partial charge in [0.05, 0.1) is 0 Å². The summed E-state index contributed by atoms with van der Waals surface area (Å²) in [4.78, 5) is 15.0. The van der Waals surface area contributed by atoms with E-state index >= 15 is 0 Å². The predicted octanol–water partition coefficient (Wildman–Crippen LogP) is 9.50. The van der Waals surface area contributed by atoms with E-state index in [0.717, 1.165) is 44.0 Å². The Morgan fingerprint density at radius 2 is 1.05 bits per heavy atom. The Morgan fingerprint density at radius 3 is 1.82 bits per heavy atom. The topological polar surface area (TPSA) is 38.7 Å². The van der Waals surface area contributed by atoms with Crippen LogP contribution in [0.1, 0.15) is 0 Å². The van der Waals surface area contributed by atoms with Crippen molar-refractivity contribution in [2.75, 3.05) is 0 Å². The summed E-state index contributed by atoms with van der Waals surface area (Å²) in [5.41, 5.74) is 4.98. The molecule has 0 aliphatic heterocycles. The largest absolute Gasteiger partial charge is 0.208 e. The minimum atomic E-state index is 0.608. The number of aromatic nitrogens is 3. The van der Waals surface area contributed by atoms with Crippen molar-refractivity contribution in [3.63, 3.8) is 0 Å². The predicted molar refractivity (Wildman–Crippen MR) is 162 cm³/mol. The molecule has 6 aromatic carbocycles. The van der Waals surface area contributed by atoms with Gasteiger partial charge in [0.15, 0.2) is 17.5 Å². The summed E-state index contributed by atoms with van der Waals surface area (Å²) in [5, 5.41) is 4.99. The number of hydrogen-bond acceptors (Lipinski definition) is 3. The molecule has 1 aromatic heterocycles. The number of rotatable bonds is 4. The lowest BCUT2D eigenvalue weighted by Gasteiger charge is -2.14. The van der Waals surface area contributed by atoms with E-state index in [4.69, 9.17) is 26.6 Å². The molecule has 0 atom stereocenters. The van der Waals surface area contributed by atoms with Crippen LogP contribution < -0.4 is 0 Å². The van der Waals surface area contributed by atoms with E-state index < -0.39 is 0 Å². The summed E-state index contributed by atoms with van der Waals surface area (Å²) in [6, 6.07) is 45.2. The highest BCUT2D eigenvalue weighted by Crippen LogP contribution is 2.39. The van der Waals surface area contributed by atoms with Gasteiger partial charge in [0.25, 0.3) is 0 Å². The summed E-state index contributed by atoms with van der Waals surface area (Å²) in [7, 11) is 0. The van der Waals surface area contributed by atoms with Crippen LogP contribution in [0.5, 0.6) is 0 Å². The van der Waals surface area contributed by atoms with E-state index in [2.05, 4.69) is 54.6 Å². The van der Waals surface area contributed by atoms with Crippen molar-refractivity contribution in [2.24, 2.45) is 0 Å².